The van der Waals surface area contributed by atoms with Crippen molar-refractivity contribution in [3.05, 3.63) is 28.0 Å². The average molecular weight is 370 g/mol. The van der Waals surface area contributed by atoms with Crippen molar-refractivity contribution in [3.8, 4) is 0 Å². The van der Waals surface area contributed by atoms with Gasteiger partial charge in [-0.15, -0.1) is 0 Å². The summed E-state index contributed by atoms with van der Waals surface area (Å²) in [6.07, 6.45) is -5.09. The number of carboxylic acid groups (broad SMARTS) is 1. The van der Waals surface area contributed by atoms with Gasteiger partial charge in [-0.1, -0.05) is 15.9 Å². The molecule has 4 nitrogen and oxygen atoms in total. The monoisotopic (exact) mass is 369 g/mol. The Kier molecular flexibility index (Phi) is 3.96. The van der Waals surface area contributed by atoms with E-state index in [1.807, 2.05) is 0 Å². The molecule has 0 spiro atoms. The standard InChI is InChI=1S/C12H8BrF4NO3/c13-7-3-8(14)9(2-6(7)12(15,16)17)18-4-5(11(20)21)1-10(18)19/h2-3,5H,1,4H2,(H,20,21). The van der Waals surface area contributed by atoms with E-state index < -0.39 is 45.5 Å². The number of rotatable bonds is 2. The van der Waals surface area contributed by atoms with Gasteiger partial charge in [0.1, 0.15) is 5.82 Å². The molecule has 9 heteroatoms. The van der Waals surface area contributed by atoms with E-state index in [1.165, 1.54) is 0 Å². The summed E-state index contributed by atoms with van der Waals surface area (Å²) in [7, 11) is 0. The molecule has 114 valence electrons. The zero-order chi connectivity index (χ0) is 15.9. The maximum Gasteiger partial charge on any atom is 0.417 e. The van der Waals surface area contributed by atoms with Crippen LogP contribution in [0.5, 0.6) is 0 Å². The summed E-state index contributed by atoms with van der Waals surface area (Å²) in [5, 5.41) is 8.83. The summed E-state index contributed by atoms with van der Waals surface area (Å²) < 4.78 is 51.7. The van der Waals surface area contributed by atoms with E-state index in [0.29, 0.717) is 12.1 Å². The van der Waals surface area contributed by atoms with Crippen LogP contribution in [0.15, 0.2) is 16.6 Å². The van der Waals surface area contributed by atoms with Gasteiger partial charge in [-0.25, -0.2) is 4.39 Å². The third-order valence-electron chi connectivity index (χ3n) is 3.11. The molecule has 1 fully saturated rings. The Morgan fingerprint density at radius 3 is 2.48 bits per heavy atom. The highest BCUT2D eigenvalue weighted by molar-refractivity contribution is 9.10. The van der Waals surface area contributed by atoms with Crippen LogP contribution in [0.1, 0.15) is 12.0 Å². The van der Waals surface area contributed by atoms with Gasteiger partial charge in [-0.3, -0.25) is 9.59 Å². The highest BCUT2D eigenvalue weighted by Crippen LogP contribution is 2.39. The molecule has 0 saturated carbocycles. The zero-order valence-corrected chi connectivity index (χ0v) is 11.8. The minimum Gasteiger partial charge on any atom is -0.481 e. The molecule has 1 aromatic rings. The molecule has 21 heavy (non-hydrogen) atoms. The van der Waals surface area contributed by atoms with Crippen LogP contribution in [0.4, 0.5) is 23.2 Å². The normalized spacial score (nSPS) is 19.2. The van der Waals surface area contributed by atoms with Crippen LogP contribution in [-0.4, -0.2) is 23.5 Å². The van der Waals surface area contributed by atoms with Gasteiger partial charge in [-0.2, -0.15) is 13.2 Å². The Hall–Kier alpha value is -1.64. The zero-order valence-electron chi connectivity index (χ0n) is 10.2. The lowest BCUT2D eigenvalue weighted by molar-refractivity contribution is -0.141. The van der Waals surface area contributed by atoms with Crippen molar-refractivity contribution in [1.82, 2.24) is 0 Å². The largest absolute Gasteiger partial charge is 0.481 e. The maximum atomic E-state index is 13.8. The predicted molar refractivity (Wildman–Crippen MR) is 67.2 cm³/mol. The van der Waals surface area contributed by atoms with Crippen LogP contribution in [0.3, 0.4) is 0 Å². The lowest BCUT2D eigenvalue weighted by atomic mass is 10.1. The van der Waals surface area contributed by atoms with Crippen LogP contribution in [0.25, 0.3) is 0 Å². The highest BCUT2D eigenvalue weighted by atomic mass is 79.9. The number of hydrogen-bond donors (Lipinski definition) is 1. The topological polar surface area (TPSA) is 57.6 Å². The number of nitrogens with zero attached hydrogens (tertiary/aromatic N) is 1. The molecule has 2 rings (SSSR count). The van der Waals surface area contributed by atoms with Crippen LogP contribution in [0, 0.1) is 11.7 Å². The number of benzene rings is 1. The molecule has 0 radical (unpaired) electrons. The maximum absolute atomic E-state index is 13.8. The molecule has 1 heterocycles. The van der Waals surface area contributed by atoms with Crippen molar-refractivity contribution in [2.24, 2.45) is 5.92 Å². The molecule has 1 saturated heterocycles. The number of amides is 1. The third kappa shape index (κ3) is 3.02. The van der Waals surface area contributed by atoms with Gasteiger partial charge in [0.2, 0.25) is 5.91 Å². The van der Waals surface area contributed by atoms with Gasteiger partial charge in [0.25, 0.3) is 0 Å². The Labute approximate surface area is 124 Å². The Morgan fingerprint density at radius 1 is 1.38 bits per heavy atom. The number of carbonyl (C=O) groups is 2. The molecule has 1 unspecified atom stereocenters. The van der Waals surface area contributed by atoms with Crippen molar-refractivity contribution in [2.45, 2.75) is 12.6 Å². The second-order valence-electron chi connectivity index (χ2n) is 4.52. The third-order valence-corrected chi connectivity index (χ3v) is 3.76. The second-order valence-corrected chi connectivity index (χ2v) is 5.38. The number of alkyl halides is 3. The molecule has 1 atom stereocenters. The number of carboxylic acids is 1. The summed E-state index contributed by atoms with van der Waals surface area (Å²) in [5.41, 5.74) is -1.70. The SMILES string of the molecule is O=C(O)C1CC(=O)N(c2cc(C(F)(F)F)c(Br)cc2F)C1. The lowest BCUT2D eigenvalue weighted by Crippen LogP contribution is -2.27. The molecule has 1 amide bonds. The van der Waals surface area contributed by atoms with E-state index >= 15 is 0 Å². The van der Waals surface area contributed by atoms with Crippen LogP contribution >= 0.6 is 15.9 Å². The molecule has 0 aromatic heterocycles. The first-order valence-corrected chi connectivity index (χ1v) is 6.50. The molecule has 0 aliphatic carbocycles. The van der Waals surface area contributed by atoms with Crippen molar-refractivity contribution < 1.29 is 32.3 Å². The average Bonchev–Trinajstić information content (AvgIpc) is 2.70. The van der Waals surface area contributed by atoms with Gasteiger partial charge in [-0.05, 0) is 12.1 Å². The summed E-state index contributed by atoms with van der Waals surface area (Å²) in [4.78, 5) is 23.3. The number of carbonyl (C=O) groups excluding carboxylic acids is 1. The molecule has 1 N–H and O–H groups in total. The van der Waals surface area contributed by atoms with Crippen molar-refractivity contribution in [3.63, 3.8) is 0 Å². The quantitative estimate of drug-likeness (QED) is 0.815. The summed E-state index contributed by atoms with van der Waals surface area (Å²) in [5.74, 6) is -4.07. The van der Waals surface area contributed by atoms with E-state index in [4.69, 9.17) is 5.11 Å². The molecular weight excluding hydrogens is 362 g/mol. The fourth-order valence-electron chi connectivity index (χ4n) is 2.07. The molecule has 1 aliphatic rings. The highest BCUT2D eigenvalue weighted by Gasteiger charge is 2.39. The Bertz CT molecular complexity index is 617. The van der Waals surface area contributed by atoms with E-state index in [9.17, 15) is 27.2 Å². The van der Waals surface area contributed by atoms with Crippen molar-refractivity contribution in [2.75, 3.05) is 11.4 Å². The van der Waals surface area contributed by atoms with E-state index in [0.717, 1.165) is 4.90 Å². The minimum atomic E-state index is -4.73. The summed E-state index contributed by atoms with van der Waals surface area (Å²) >= 11 is 2.62. The van der Waals surface area contributed by atoms with Gasteiger partial charge >= 0.3 is 12.1 Å². The van der Waals surface area contributed by atoms with Gasteiger partial charge < -0.3 is 10.0 Å². The molecular formula is C12H8BrF4NO3. The number of anilines is 1. The first-order valence-electron chi connectivity index (χ1n) is 5.70. The summed E-state index contributed by atoms with van der Waals surface area (Å²) in [6, 6.07) is 1.11. The number of aliphatic carboxylic acids is 1. The Morgan fingerprint density at radius 2 is 2.00 bits per heavy atom. The van der Waals surface area contributed by atoms with Crippen LogP contribution in [0.2, 0.25) is 0 Å². The van der Waals surface area contributed by atoms with E-state index in [1.54, 1.807) is 0 Å². The minimum absolute atomic E-state index is 0.357. The van der Waals surface area contributed by atoms with E-state index in [-0.39, 0.29) is 13.0 Å². The number of halogens is 5. The predicted octanol–water partition coefficient (Wildman–Crippen LogP) is 3.04. The molecule has 1 aromatic carbocycles. The molecule has 1 aliphatic heterocycles. The lowest BCUT2D eigenvalue weighted by Gasteiger charge is -2.19. The second kappa shape index (κ2) is 5.28. The number of hydrogen-bond acceptors (Lipinski definition) is 2. The molecule has 0 bridgehead atoms. The summed E-state index contributed by atoms with van der Waals surface area (Å²) in [6.45, 7) is -0.357. The van der Waals surface area contributed by atoms with Crippen LogP contribution in [-0.2, 0) is 15.8 Å². The first-order chi connectivity index (χ1) is 9.61. The van der Waals surface area contributed by atoms with Crippen molar-refractivity contribution >= 4 is 33.5 Å². The fourth-order valence-corrected chi connectivity index (χ4v) is 2.61. The van der Waals surface area contributed by atoms with Crippen LogP contribution < -0.4 is 4.90 Å². The van der Waals surface area contributed by atoms with Gasteiger partial charge in [0.05, 0.1) is 17.2 Å². The van der Waals surface area contributed by atoms with Gasteiger partial charge in [0, 0.05) is 17.4 Å². The van der Waals surface area contributed by atoms with Crippen molar-refractivity contribution in [1.29, 1.82) is 0 Å². The smallest absolute Gasteiger partial charge is 0.417 e. The van der Waals surface area contributed by atoms with E-state index in [2.05, 4.69) is 15.9 Å². The fraction of sp³-hybridized carbons (Fsp3) is 0.333. The first kappa shape index (κ1) is 15.7. The van der Waals surface area contributed by atoms with Gasteiger partial charge in [0.15, 0.2) is 0 Å². The Balaban J connectivity index is 2.45.